The van der Waals surface area contributed by atoms with Crippen LogP contribution in [0, 0.1) is 5.92 Å². The standard InChI is InChI=1S/C13H19F3N2O3/c14-13(15,16)8-17(7-11(19)20)12(21)18-6-2-4-9-3-1-5-10(9)18/h9-10H,1-8H2,(H,19,20). The third kappa shape index (κ3) is 4.01. The zero-order valence-electron chi connectivity index (χ0n) is 11.6. The third-order valence-corrected chi connectivity index (χ3v) is 4.21. The Bertz CT molecular complexity index is 414. The van der Waals surface area contributed by atoms with Gasteiger partial charge in [-0.15, -0.1) is 0 Å². The third-order valence-electron chi connectivity index (χ3n) is 4.21. The molecule has 2 fully saturated rings. The molecule has 0 radical (unpaired) electrons. The molecule has 1 N–H and O–H groups in total. The predicted molar refractivity (Wildman–Crippen MR) is 67.7 cm³/mol. The molecule has 2 amide bonds. The van der Waals surface area contributed by atoms with Gasteiger partial charge in [0.25, 0.3) is 0 Å². The molecule has 1 heterocycles. The number of aliphatic carboxylic acids is 1. The number of carbonyl (C=O) groups is 2. The van der Waals surface area contributed by atoms with E-state index in [2.05, 4.69) is 0 Å². The smallest absolute Gasteiger partial charge is 0.406 e. The van der Waals surface area contributed by atoms with Gasteiger partial charge in [-0.05, 0) is 31.6 Å². The van der Waals surface area contributed by atoms with Gasteiger partial charge in [0.2, 0.25) is 0 Å². The molecular formula is C13H19F3N2O3. The lowest BCUT2D eigenvalue weighted by Crippen LogP contribution is -2.54. The van der Waals surface area contributed by atoms with Gasteiger partial charge in [0.1, 0.15) is 13.1 Å². The second-order valence-corrected chi connectivity index (χ2v) is 5.74. The highest BCUT2D eigenvalue weighted by molar-refractivity contribution is 5.80. The van der Waals surface area contributed by atoms with E-state index >= 15 is 0 Å². The Morgan fingerprint density at radius 3 is 2.48 bits per heavy atom. The maximum absolute atomic E-state index is 12.5. The van der Waals surface area contributed by atoms with Crippen LogP contribution in [0.4, 0.5) is 18.0 Å². The van der Waals surface area contributed by atoms with Crippen LogP contribution in [0.5, 0.6) is 0 Å². The SMILES string of the molecule is O=C(O)CN(CC(F)(F)F)C(=O)N1CCCC2CCCC21. The van der Waals surface area contributed by atoms with Gasteiger partial charge in [-0.25, -0.2) is 4.79 Å². The van der Waals surface area contributed by atoms with Crippen LogP contribution in [0.3, 0.4) is 0 Å². The first-order chi connectivity index (χ1) is 9.78. The van der Waals surface area contributed by atoms with E-state index in [1.807, 2.05) is 0 Å². The van der Waals surface area contributed by atoms with E-state index in [0.717, 1.165) is 32.1 Å². The summed E-state index contributed by atoms with van der Waals surface area (Å²) in [6, 6.07) is -0.831. The molecule has 2 atom stereocenters. The number of hydrogen-bond donors (Lipinski definition) is 1. The van der Waals surface area contributed by atoms with Crippen LogP contribution < -0.4 is 0 Å². The van der Waals surface area contributed by atoms with E-state index in [9.17, 15) is 22.8 Å². The van der Waals surface area contributed by atoms with Crippen molar-refractivity contribution in [3.05, 3.63) is 0 Å². The molecule has 2 unspecified atom stereocenters. The number of hydrogen-bond acceptors (Lipinski definition) is 2. The molecule has 0 spiro atoms. The molecule has 5 nitrogen and oxygen atoms in total. The summed E-state index contributed by atoms with van der Waals surface area (Å²) >= 11 is 0. The number of alkyl halides is 3. The quantitative estimate of drug-likeness (QED) is 0.870. The minimum Gasteiger partial charge on any atom is -0.480 e. The highest BCUT2D eigenvalue weighted by Gasteiger charge is 2.41. The number of halogens is 3. The number of carbonyl (C=O) groups excluding carboxylic acids is 1. The molecule has 8 heteroatoms. The molecule has 2 aliphatic rings. The van der Waals surface area contributed by atoms with Crippen LogP contribution in [0.15, 0.2) is 0 Å². The van der Waals surface area contributed by atoms with Crippen molar-refractivity contribution in [1.29, 1.82) is 0 Å². The fraction of sp³-hybridized carbons (Fsp3) is 0.846. The summed E-state index contributed by atoms with van der Waals surface area (Å²) in [5.41, 5.74) is 0. The maximum Gasteiger partial charge on any atom is 0.406 e. The van der Waals surface area contributed by atoms with Crippen LogP contribution >= 0.6 is 0 Å². The highest BCUT2D eigenvalue weighted by atomic mass is 19.4. The number of fused-ring (bicyclic) bond motifs is 1. The number of nitrogens with zero attached hydrogens (tertiary/aromatic N) is 2. The van der Waals surface area contributed by atoms with Gasteiger partial charge in [-0.1, -0.05) is 6.42 Å². The van der Waals surface area contributed by atoms with E-state index < -0.39 is 31.3 Å². The topological polar surface area (TPSA) is 60.9 Å². The van der Waals surface area contributed by atoms with E-state index in [4.69, 9.17) is 5.11 Å². The van der Waals surface area contributed by atoms with E-state index in [0.29, 0.717) is 17.4 Å². The number of rotatable bonds is 3. The lowest BCUT2D eigenvalue weighted by atomic mass is 9.92. The second-order valence-electron chi connectivity index (χ2n) is 5.74. The summed E-state index contributed by atoms with van der Waals surface area (Å²) in [6.07, 6.45) is -0.0875. The molecule has 1 saturated carbocycles. The second kappa shape index (κ2) is 6.11. The molecule has 21 heavy (non-hydrogen) atoms. The summed E-state index contributed by atoms with van der Waals surface area (Å²) in [6.45, 7) is -2.04. The first-order valence-corrected chi connectivity index (χ1v) is 7.12. The molecule has 0 bridgehead atoms. The number of carboxylic acids is 1. The van der Waals surface area contributed by atoms with Gasteiger partial charge in [0.05, 0.1) is 0 Å². The lowest BCUT2D eigenvalue weighted by molar-refractivity contribution is -0.150. The first-order valence-electron chi connectivity index (χ1n) is 7.12. The predicted octanol–water partition coefficient (Wildman–Crippen LogP) is 2.32. The molecule has 0 aromatic rings. The van der Waals surface area contributed by atoms with Gasteiger partial charge in [0.15, 0.2) is 0 Å². The van der Waals surface area contributed by atoms with Crippen molar-refractivity contribution in [2.45, 2.75) is 44.3 Å². The Hall–Kier alpha value is -1.47. The van der Waals surface area contributed by atoms with Crippen molar-refractivity contribution < 1.29 is 27.9 Å². The summed E-state index contributed by atoms with van der Waals surface area (Å²) in [7, 11) is 0. The Labute approximate surface area is 120 Å². The minimum atomic E-state index is -4.60. The largest absolute Gasteiger partial charge is 0.480 e. The van der Waals surface area contributed by atoms with Crippen LogP contribution in [-0.2, 0) is 4.79 Å². The zero-order chi connectivity index (χ0) is 15.6. The number of likely N-dealkylation sites (tertiary alicyclic amines) is 1. The van der Waals surface area contributed by atoms with Crippen molar-refractivity contribution in [2.24, 2.45) is 5.92 Å². The Morgan fingerprint density at radius 1 is 1.19 bits per heavy atom. The van der Waals surface area contributed by atoms with Crippen molar-refractivity contribution >= 4 is 12.0 Å². The summed E-state index contributed by atoms with van der Waals surface area (Å²) in [5.74, 6) is -1.09. The lowest BCUT2D eigenvalue weighted by Gasteiger charge is -2.40. The number of piperidine rings is 1. The molecule has 1 aliphatic carbocycles. The number of carboxylic acid groups (broad SMARTS) is 1. The highest BCUT2D eigenvalue weighted by Crippen LogP contribution is 2.37. The fourth-order valence-electron chi connectivity index (χ4n) is 3.44. The van der Waals surface area contributed by atoms with Crippen LogP contribution in [0.2, 0.25) is 0 Å². The fourth-order valence-corrected chi connectivity index (χ4v) is 3.44. The molecule has 2 rings (SSSR count). The van der Waals surface area contributed by atoms with Crippen molar-refractivity contribution in [3.8, 4) is 0 Å². The molecule has 0 aromatic heterocycles. The van der Waals surface area contributed by atoms with Crippen LogP contribution in [0.25, 0.3) is 0 Å². The van der Waals surface area contributed by atoms with E-state index in [-0.39, 0.29) is 6.04 Å². The normalized spacial score (nSPS) is 25.6. The maximum atomic E-state index is 12.5. The van der Waals surface area contributed by atoms with E-state index in [1.54, 1.807) is 0 Å². The van der Waals surface area contributed by atoms with Crippen molar-refractivity contribution in [3.63, 3.8) is 0 Å². The Kier molecular flexibility index (Phi) is 4.63. The minimum absolute atomic E-state index is 0.0317. The molecule has 1 saturated heterocycles. The van der Waals surface area contributed by atoms with Crippen molar-refractivity contribution in [2.75, 3.05) is 19.6 Å². The summed E-state index contributed by atoms with van der Waals surface area (Å²) < 4.78 is 37.6. The summed E-state index contributed by atoms with van der Waals surface area (Å²) in [4.78, 5) is 24.9. The summed E-state index contributed by atoms with van der Waals surface area (Å²) in [5, 5.41) is 8.74. The number of amides is 2. The molecule has 0 aromatic carbocycles. The van der Waals surface area contributed by atoms with Gasteiger partial charge < -0.3 is 14.9 Å². The monoisotopic (exact) mass is 308 g/mol. The van der Waals surface area contributed by atoms with Gasteiger partial charge in [0, 0.05) is 12.6 Å². The van der Waals surface area contributed by atoms with Crippen LogP contribution in [0.1, 0.15) is 32.1 Å². The first kappa shape index (κ1) is 15.9. The van der Waals surface area contributed by atoms with Crippen LogP contribution in [-0.4, -0.2) is 58.8 Å². The average Bonchev–Trinajstić information content (AvgIpc) is 2.82. The molecular weight excluding hydrogens is 289 g/mol. The Morgan fingerprint density at radius 2 is 1.86 bits per heavy atom. The van der Waals surface area contributed by atoms with Gasteiger partial charge >= 0.3 is 18.2 Å². The molecule has 1 aliphatic heterocycles. The van der Waals surface area contributed by atoms with Crippen molar-refractivity contribution in [1.82, 2.24) is 9.80 Å². The van der Waals surface area contributed by atoms with E-state index in [1.165, 1.54) is 4.90 Å². The van der Waals surface area contributed by atoms with Gasteiger partial charge in [-0.3, -0.25) is 4.79 Å². The number of urea groups is 1. The van der Waals surface area contributed by atoms with Gasteiger partial charge in [-0.2, -0.15) is 13.2 Å². The average molecular weight is 308 g/mol. The zero-order valence-corrected chi connectivity index (χ0v) is 11.6. The Balaban J connectivity index is 2.10. The molecule has 120 valence electrons.